The minimum absolute atomic E-state index is 0.0239. The average molecular weight is 295 g/mol. The van der Waals surface area contributed by atoms with Gasteiger partial charge in [0.15, 0.2) is 11.6 Å². The van der Waals surface area contributed by atoms with Gasteiger partial charge in [-0.25, -0.2) is 8.78 Å². The van der Waals surface area contributed by atoms with Crippen molar-refractivity contribution in [3.05, 3.63) is 35.4 Å². The zero-order valence-corrected chi connectivity index (χ0v) is 11.9. The van der Waals surface area contributed by atoms with Gasteiger partial charge in [-0.1, -0.05) is 12.1 Å². The van der Waals surface area contributed by atoms with E-state index in [1.807, 2.05) is 4.90 Å². The highest BCUT2D eigenvalue weighted by atomic mass is 19.2. The summed E-state index contributed by atoms with van der Waals surface area (Å²) in [7, 11) is 0. The van der Waals surface area contributed by atoms with Gasteiger partial charge in [-0.2, -0.15) is 0 Å². The molecule has 0 atom stereocenters. The molecule has 0 N–H and O–H groups in total. The van der Waals surface area contributed by atoms with Crippen molar-refractivity contribution in [2.75, 3.05) is 26.3 Å². The summed E-state index contributed by atoms with van der Waals surface area (Å²) >= 11 is 0. The monoisotopic (exact) mass is 295 g/mol. The maximum Gasteiger partial charge on any atom is 0.222 e. The lowest BCUT2D eigenvalue weighted by molar-refractivity contribution is -0.150. The Hall–Kier alpha value is -1.49. The van der Waals surface area contributed by atoms with Crippen LogP contribution in [0.3, 0.4) is 0 Å². The maximum atomic E-state index is 13.5. The highest BCUT2D eigenvalue weighted by Crippen LogP contribution is 2.40. The van der Waals surface area contributed by atoms with Crippen LogP contribution in [0.1, 0.15) is 24.8 Å². The second-order valence-corrected chi connectivity index (χ2v) is 6.08. The predicted octanol–water partition coefficient (Wildman–Crippen LogP) is 2.54. The lowest BCUT2D eigenvalue weighted by Gasteiger charge is -2.52. The highest BCUT2D eigenvalue weighted by Gasteiger charge is 2.45. The first kappa shape index (κ1) is 14.4. The fourth-order valence-corrected chi connectivity index (χ4v) is 3.20. The molecule has 114 valence electrons. The number of halogens is 2. The summed E-state index contributed by atoms with van der Waals surface area (Å²) in [5.41, 5.74) is 0.516. The minimum atomic E-state index is -0.856. The van der Waals surface area contributed by atoms with Crippen LogP contribution in [0.25, 0.3) is 0 Å². The molecule has 1 spiro atoms. The van der Waals surface area contributed by atoms with E-state index in [1.54, 1.807) is 0 Å². The number of aryl methyl sites for hydroxylation is 1. The zero-order chi connectivity index (χ0) is 14.9. The molecular weight excluding hydrogens is 276 g/mol. The van der Waals surface area contributed by atoms with E-state index in [2.05, 4.69) is 0 Å². The van der Waals surface area contributed by atoms with Gasteiger partial charge in [0.25, 0.3) is 0 Å². The third-order valence-corrected chi connectivity index (χ3v) is 4.60. The van der Waals surface area contributed by atoms with Gasteiger partial charge < -0.3 is 9.64 Å². The van der Waals surface area contributed by atoms with Crippen LogP contribution in [0.2, 0.25) is 0 Å². The number of likely N-dealkylation sites (tertiary alicyclic amines) is 1. The number of amides is 1. The van der Waals surface area contributed by atoms with Gasteiger partial charge in [-0.15, -0.1) is 0 Å². The van der Waals surface area contributed by atoms with E-state index in [0.717, 1.165) is 45.2 Å². The Kier molecular flexibility index (Phi) is 3.93. The van der Waals surface area contributed by atoms with Crippen LogP contribution in [0.4, 0.5) is 8.78 Å². The van der Waals surface area contributed by atoms with Crippen LogP contribution in [-0.2, 0) is 16.0 Å². The van der Waals surface area contributed by atoms with Gasteiger partial charge in [0.05, 0.1) is 0 Å². The van der Waals surface area contributed by atoms with Crippen LogP contribution in [-0.4, -0.2) is 37.1 Å². The summed E-state index contributed by atoms with van der Waals surface area (Å²) in [6.07, 6.45) is 2.49. The van der Waals surface area contributed by atoms with Crippen molar-refractivity contribution in [1.29, 1.82) is 0 Å². The van der Waals surface area contributed by atoms with E-state index in [1.165, 1.54) is 12.1 Å². The second kappa shape index (κ2) is 5.72. The SMILES string of the molecule is O=C(CCc1cccc(F)c1F)N1CC2(CCOCC2)C1. The molecule has 0 saturated carbocycles. The normalized spacial score (nSPS) is 20.4. The van der Waals surface area contributed by atoms with Crippen molar-refractivity contribution in [1.82, 2.24) is 4.90 Å². The molecule has 21 heavy (non-hydrogen) atoms. The Bertz CT molecular complexity index is 533. The Morgan fingerprint density at radius 1 is 1.24 bits per heavy atom. The number of benzene rings is 1. The number of carbonyl (C=O) groups is 1. The Morgan fingerprint density at radius 3 is 2.67 bits per heavy atom. The summed E-state index contributed by atoms with van der Waals surface area (Å²) in [5, 5.41) is 0. The van der Waals surface area contributed by atoms with Crippen LogP contribution in [0.5, 0.6) is 0 Å². The molecule has 0 aliphatic carbocycles. The fraction of sp³-hybridized carbons (Fsp3) is 0.562. The molecule has 2 saturated heterocycles. The minimum Gasteiger partial charge on any atom is -0.381 e. The quantitative estimate of drug-likeness (QED) is 0.857. The van der Waals surface area contributed by atoms with Crippen molar-refractivity contribution in [3.8, 4) is 0 Å². The molecule has 3 rings (SSSR count). The number of hydrogen-bond donors (Lipinski definition) is 0. The number of rotatable bonds is 3. The van der Waals surface area contributed by atoms with Gasteiger partial charge in [0.1, 0.15) is 0 Å². The Morgan fingerprint density at radius 2 is 1.95 bits per heavy atom. The molecule has 0 aromatic heterocycles. The average Bonchev–Trinajstić information content (AvgIpc) is 2.47. The van der Waals surface area contributed by atoms with E-state index < -0.39 is 11.6 Å². The number of nitrogens with zero attached hydrogens (tertiary/aromatic N) is 1. The van der Waals surface area contributed by atoms with Gasteiger partial charge in [0, 0.05) is 38.1 Å². The summed E-state index contributed by atoms with van der Waals surface area (Å²) in [6, 6.07) is 4.09. The molecule has 0 radical (unpaired) electrons. The largest absolute Gasteiger partial charge is 0.381 e. The van der Waals surface area contributed by atoms with Gasteiger partial charge >= 0.3 is 0 Å². The van der Waals surface area contributed by atoms with Crippen LogP contribution >= 0.6 is 0 Å². The first-order valence-corrected chi connectivity index (χ1v) is 7.38. The Balaban J connectivity index is 1.50. The van der Waals surface area contributed by atoms with E-state index in [-0.39, 0.29) is 29.7 Å². The number of carbonyl (C=O) groups excluding carboxylic acids is 1. The summed E-state index contributed by atoms with van der Waals surface area (Å²) in [4.78, 5) is 13.9. The smallest absolute Gasteiger partial charge is 0.222 e. The molecule has 2 heterocycles. The number of hydrogen-bond acceptors (Lipinski definition) is 2. The van der Waals surface area contributed by atoms with Crippen LogP contribution in [0.15, 0.2) is 18.2 Å². The van der Waals surface area contributed by atoms with E-state index in [9.17, 15) is 13.6 Å². The topological polar surface area (TPSA) is 29.5 Å². The first-order valence-electron chi connectivity index (χ1n) is 7.38. The van der Waals surface area contributed by atoms with E-state index in [4.69, 9.17) is 4.74 Å². The second-order valence-electron chi connectivity index (χ2n) is 6.08. The molecule has 1 aromatic rings. The molecule has 2 aliphatic heterocycles. The molecule has 1 aromatic carbocycles. The first-order chi connectivity index (χ1) is 10.1. The molecular formula is C16H19F2NO2. The fourth-order valence-electron chi connectivity index (χ4n) is 3.20. The van der Waals surface area contributed by atoms with Crippen molar-refractivity contribution in [2.24, 2.45) is 5.41 Å². The van der Waals surface area contributed by atoms with Crippen molar-refractivity contribution >= 4 is 5.91 Å². The van der Waals surface area contributed by atoms with Gasteiger partial charge in [0.2, 0.25) is 5.91 Å². The summed E-state index contributed by atoms with van der Waals surface area (Å²) < 4.78 is 32.0. The molecule has 0 unspecified atom stereocenters. The van der Waals surface area contributed by atoms with Crippen molar-refractivity contribution in [3.63, 3.8) is 0 Å². The Labute approximate surface area is 122 Å². The van der Waals surface area contributed by atoms with Crippen LogP contribution in [0, 0.1) is 17.0 Å². The van der Waals surface area contributed by atoms with Crippen LogP contribution < -0.4 is 0 Å². The molecule has 3 nitrogen and oxygen atoms in total. The lowest BCUT2D eigenvalue weighted by atomic mass is 9.73. The third kappa shape index (κ3) is 2.93. The zero-order valence-electron chi connectivity index (χ0n) is 11.9. The van der Waals surface area contributed by atoms with E-state index in [0.29, 0.717) is 0 Å². The maximum absolute atomic E-state index is 13.5. The standard InChI is InChI=1S/C16H19F2NO2/c17-13-3-1-2-12(15(13)18)4-5-14(20)19-10-16(11-19)6-8-21-9-7-16/h1-3H,4-11H2. The lowest BCUT2D eigenvalue weighted by Crippen LogP contribution is -2.60. The van der Waals surface area contributed by atoms with E-state index >= 15 is 0 Å². The molecule has 2 fully saturated rings. The summed E-state index contributed by atoms with van der Waals surface area (Å²) in [5.74, 6) is -1.67. The van der Waals surface area contributed by atoms with Crippen molar-refractivity contribution < 1.29 is 18.3 Å². The molecule has 2 aliphatic rings. The highest BCUT2D eigenvalue weighted by molar-refractivity contribution is 5.77. The van der Waals surface area contributed by atoms with Crippen molar-refractivity contribution in [2.45, 2.75) is 25.7 Å². The molecule has 5 heteroatoms. The predicted molar refractivity (Wildman–Crippen MR) is 73.7 cm³/mol. The van der Waals surface area contributed by atoms with Gasteiger partial charge in [-0.05, 0) is 30.9 Å². The third-order valence-electron chi connectivity index (χ3n) is 4.60. The number of ether oxygens (including phenoxy) is 1. The summed E-state index contributed by atoms with van der Waals surface area (Å²) in [6.45, 7) is 3.11. The molecule has 1 amide bonds. The molecule has 0 bridgehead atoms. The van der Waals surface area contributed by atoms with Gasteiger partial charge in [-0.3, -0.25) is 4.79 Å².